The molecular formula is C16H26BrN3O. The van der Waals surface area contributed by atoms with Crippen molar-refractivity contribution in [3.05, 3.63) is 21.0 Å². The number of aryl methyl sites for hydroxylation is 1. The van der Waals surface area contributed by atoms with Crippen LogP contribution in [0.3, 0.4) is 0 Å². The van der Waals surface area contributed by atoms with Crippen molar-refractivity contribution < 1.29 is 0 Å². The van der Waals surface area contributed by atoms with E-state index in [1.807, 2.05) is 6.92 Å². The average Bonchev–Trinajstić information content (AvgIpc) is 2.47. The molecule has 1 fully saturated rings. The molecule has 5 heteroatoms. The summed E-state index contributed by atoms with van der Waals surface area (Å²) in [5.41, 5.74) is 0.795. The molecule has 1 aromatic heterocycles. The first-order valence-electron chi connectivity index (χ1n) is 8.06. The lowest BCUT2D eigenvalue weighted by atomic mass is 9.78. The Morgan fingerprint density at radius 1 is 1.43 bits per heavy atom. The molecule has 2 rings (SSSR count). The van der Waals surface area contributed by atoms with Crippen LogP contribution in [0.1, 0.15) is 52.9 Å². The molecule has 0 saturated heterocycles. The van der Waals surface area contributed by atoms with Gasteiger partial charge in [-0.2, -0.15) is 5.10 Å². The third kappa shape index (κ3) is 3.87. The maximum absolute atomic E-state index is 12.3. The van der Waals surface area contributed by atoms with Crippen molar-refractivity contribution in [2.24, 2.45) is 11.8 Å². The molecule has 1 aromatic rings. The minimum absolute atomic E-state index is 0.0428. The van der Waals surface area contributed by atoms with Gasteiger partial charge in [0.05, 0.1) is 11.9 Å². The fraction of sp³-hybridized carbons (Fsp3) is 0.750. The Morgan fingerprint density at radius 2 is 2.14 bits per heavy atom. The molecule has 0 aliphatic heterocycles. The summed E-state index contributed by atoms with van der Waals surface area (Å²) in [6.07, 6.45) is 7.72. The SMILES string of the molecule is CCCn1ncc(NC2CCCCC2C(C)C)c(Br)c1=O. The first-order valence-corrected chi connectivity index (χ1v) is 8.86. The molecule has 21 heavy (non-hydrogen) atoms. The third-order valence-electron chi connectivity index (χ3n) is 4.44. The first-order chi connectivity index (χ1) is 10.0. The molecule has 1 N–H and O–H groups in total. The van der Waals surface area contributed by atoms with Crippen molar-refractivity contribution >= 4 is 21.6 Å². The zero-order chi connectivity index (χ0) is 15.4. The van der Waals surface area contributed by atoms with Crippen LogP contribution in [0, 0.1) is 11.8 Å². The zero-order valence-electron chi connectivity index (χ0n) is 13.2. The van der Waals surface area contributed by atoms with Crippen LogP contribution in [-0.4, -0.2) is 15.8 Å². The lowest BCUT2D eigenvalue weighted by molar-refractivity contribution is 0.253. The van der Waals surface area contributed by atoms with Gasteiger partial charge in [-0.3, -0.25) is 4.79 Å². The molecule has 2 unspecified atom stereocenters. The predicted octanol–water partition coefficient (Wildman–Crippen LogP) is 4.04. The molecule has 0 aromatic carbocycles. The maximum Gasteiger partial charge on any atom is 0.283 e. The largest absolute Gasteiger partial charge is 0.380 e. The first kappa shape index (κ1) is 16.5. The molecule has 0 spiro atoms. The van der Waals surface area contributed by atoms with E-state index in [4.69, 9.17) is 0 Å². The lowest BCUT2D eigenvalue weighted by Crippen LogP contribution is -2.36. The van der Waals surface area contributed by atoms with Gasteiger partial charge in [-0.1, -0.05) is 33.6 Å². The van der Waals surface area contributed by atoms with E-state index in [0.717, 1.165) is 12.1 Å². The second-order valence-electron chi connectivity index (χ2n) is 6.34. The molecule has 0 amide bonds. The summed E-state index contributed by atoms with van der Waals surface area (Å²) in [5, 5.41) is 7.84. The van der Waals surface area contributed by atoms with Crippen molar-refractivity contribution in [3.63, 3.8) is 0 Å². The summed E-state index contributed by atoms with van der Waals surface area (Å²) >= 11 is 3.45. The van der Waals surface area contributed by atoms with Crippen molar-refractivity contribution in [2.75, 3.05) is 5.32 Å². The van der Waals surface area contributed by atoms with Crippen LogP contribution in [0.15, 0.2) is 15.5 Å². The van der Waals surface area contributed by atoms with Gasteiger partial charge in [-0.25, -0.2) is 4.68 Å². The van der Waals surface area contributed by atoms with E-state index in [-0.39, 0.29) is 5.56 Å². The van der Waals surface area contributed by atoms with Crippen LogP contribution in [0.25, 0.3) is 0 Å². The summed E-state index contributed by atoms with van der Waals surface area (Å²) in [6, 6.07) is 0.443. The van der Waals surface area contributed by atoms with Gasteiger partial charge < -0.3 is 5.32 Å². The van der Waals surface area contributed by atoms with Gasteiger partial charge in [0.1, 0.15) is 4.47 Å². The Labute approximate surface area is 135 Å². The van der Waals surface area contributed by atoms with Crippen molar-refractivity contribution in [3.8, 4) is 0 Å². The third-order valence-corrected chi connectivity index (χ3v) is 5.20. The maximum atomic E-state index is 12.3. The Bertz CT molecular complexity index is 527. The molecule has 1 saturated carbocycles. The van der Waals surface area contributed by atoms with E-state index in [0.29, 0.717) is 28.9 Å². The van der Waals surface area contributed by atoms with Crippen LogP contribution in [0.5, 0.6) is 0 Å². The number of nitrogens with one attached hydrogen (secondary N) is 1. The second kappa shape index (κ2) is 7.43. The quantitative estimate of drug-likeness (QED) is 0.866. The fourth-order valence-electron chi connectivity index (χ4n) is 3.27. The summed E-state index contributed by atoms with van der Waals surface area (Å²) in [7, 11) is 0. The van der Waals surface area contributed by atoms with E-state index >= 15 is 0 Å². The molecule has 2 atom stereocenters. The highest BCUT2D eigenvalue weighted by Crippen LogP contribution is 2.33. The normalized spacial score (nSPS) is 22.5. The Kier molecular flexibility index (Phi) is 5.85. The monoisotopic (exact) mass is 355 g/mol. The number of halogens is 1. The molecule has 118 valence electrons. The van der Waals surface area contributed by atoms with Gasteiger partial charge in [0.2, 0.25) is 0 Å². The highest BCUT2D eigenvalue weighted by Gasteiger charge is 2.28. The van der Waals surface area contributed by atoms with E-state index in [1.54, 1.807) is 6.20 Å². The molecule has 1 aliphatic carbocycles. The highest BCUT2D eigenvalue weighted by molar-refractivity contribution is 9.10. The van der Waals surface area contributed by atoms with Gasteiger partial charge >= 0.3 is 0 Å². The molecular weight excluding hydrogens is 330 g/mol. The smallest absolute Gasteiger partial charge is 0.283 e. The predicted molar refractivity (Wildman–Crippen MR) is 90.7 cm³/mol. The molecule has 0 radical (unpaired) electrons. The Morgan fingerprint density at radius 3 is 2.81 bits per heavy atom. The van der Waals surface area contributed by atoms with Gasteiger partial charge in [0, 0.05) is 12.6 Å². The van der Waals surface area contributed by atoms with Gasteiger partial charge in [0.25, 0.3) is 5.56 Å². The van der Waals surface area contributed by atoms with Crippen LogP contribution >= 0.6 is 15.9 Å². The Balaban J connectivity index is 2.19. The number of anilines is 1. The number of rotatable bonds is 5. The molecule has 1 aliphatic rings. The minimum Gasteiger partial charge on any atom is -0.380 e. The van der Waals surface area contributed by atoms with Crippen LogP contribution < -0.4 is 10.9 Å². The Hall–Kier alpha value is -0.840. The van der Waals surface area contributed by atoms with E-state index in [1.165, 1.54) is 30.4 Å². The minimum atomic E-state index is -0.0428. The summed E-state index contributed by atoms with van der Waals surface area (Å²) in [4.78, 5) is 12.3. The highest BCUT2D eigenvalue weighted by atomic mass is 79.9. The standard InChI is InChI=1S/C16H26BrN3O/c1-4-9-20-16(21)15(17)14(10-18-20)19-13-8-6-5-7-12(13)11(2)3/h10-13,19H,4-9H2,1-3H3. The summed E-state index contributed by atoms with van der Waals surface area (Å²) in [5.74, 6) is 1.33. The number of hydrogen-bond acceptors (Lipinski definition) is 3. The van der Waals surface area contributed by atoms with E-state index < -0.39 is 0 Å². The van der Waals surface area contributed by atoms with Crippen molar-refractivity contribution in [1.82, 2.24) is 9.78 Å². The van der Waals surface area contributed by atoms with Crippen LogP contribution in [-0.2, 0) is 6.54 Å². The lowest BCUT2D eigenvalue weighted by Gasteiger charge is -2.35. The van der Waals surface area contributed by atoms with Crippen LogP contribution in [0.2, 0.25) is 0 Å². The fourth-order valence-corrected chi connectivity index (χ4v) is 3.69. The van der Waals surface area contributed by atoms with Crippen molar-refractivity contribution in [1.29, 1.82) is 0 Å². The number of nitrogens with zero attached hydrogens (tertiary/aromatic N) is 2. The summed E-state index contributed by atoms with van der Waals surface area (Å²) < 4.78 is 2.13. The van der Waals surface area contributed by atoms with E-state index in [9.17, 15) is 4.79 Å². The second-order valence-corrected chi connectivity index (χ2v) is 7.14. The van der Waals surface area contributed by atoms with Crippen LogP contribution in [0.4, 0.5) is 5.69 Å². The zero-order valence-corrected chi connectivity index (χ0v) is 14.8. The molecule has 4 nitrogen and oxygen atoms in total. The number of aromatic nitrogens is 2. The van der Waals surface area contributed by atoms with Gasteiger partial charge in [-0.15, -0.1) is 0 Å². The molecule has 1 heterocycles. The average molecular weight is 356 g/mol. The number of hydrogen-bond donors (Lipinski definition) is 1. The van der Waals surface area contributed by atoms with E-state index in [2.05, 4.69) is 40.2 Å². The van der Waals surface area contributed by atoms with Crippen molar-refractivity contribution in [2.45, 2.75) is 65.5 Å². The topological polar surface area (TPSA) is 46.9 Å². The van der Waals surface area contributed by atoms with Gasteiger partial charge in [-0.05, 0) is 47.0 Å². The molecule has 0 bridgehead atoms. The summed E-state index contributed by atoms with van der Waals surface area (Å²) in [6.45, 7) is 7.29. The van der Waals surface area contributed by atoms with Gasteiger partial charge in [0.15, 0.2) is 0 Å².